The monoisotopic (exact) mass is 387 g/mol. The number of carbonyl (C=O) groups excluding carboxylic acids is 2. The topological polar surface area (TPSA) is 61.9 Å². The second kappa shape index (κ2) is 8.54. The zero-order valence-corrected chi connectivity index (χ0v) is 16.7. The first-order chi connectivity index (χ1) is 13.0. The Kier molecular flexibility index (Phi) is 6.13. The lowest BCUT2D eigenvalue weighted by molar-refractivity contribution is -0.126. The molecular formula is C20H25N3O3S. The average Bonchev–Trinajstić information content (AvgIpc) is 3.31. The fourth-order valence-electron chi connectivity index (χ4n) is 3.32. The molecule has 6 nitrogen and oxygen atoms in total. The number of amides is 2. The van der Waals surface area contributed by atoms with E-state index in [0.717, 1.165) is 5.69 Å². The fraction of sp³-hybridized carbons (Fsp3) is 0.400. The molecule has 0 saturated carbocycles. The highest BCUT2D eigenvalue weighted by Gasteiger charge is 2.35. The molecule has 1 aromatic heterocycles. The van der Waals surface area contributed by atoms with Crippen molar-refractivity contribution in [2.75, 3.05) is 39.2 Å². The van der Waals surface area contributed by atoms with Crippen molar-refractivity contribution in [3.05, 3.63) is 46.7 Å². The Morgan fingerprint density at radius 2 is 2.22 bits per heavy atom. The molecule has 0 radical (unpaired) electrons. The Morgan fingerprint density at radius 1 is 1.41 bits per heavy atom. The number of thiophene rings is 1. The van der Waals surface area contributed by atoms with Crippen molar-refractivity contribution in [2.24, 2.45) is 5.92 Å². The first-order valence-electron chi connectivity index (χ1n) is 8.90. The maximum absolute atomic E-state index is 12.7. The van der Waals surface area contributed by atoms with Gasteiger partial charge >= 0.3 is 0 Å². The van der Waals surface area contributed by atoms with Gasteiger partial charge in [0.25, 0.3) is 0 Å². The predicted octanol–water partition coefficient (Wildman–Crippen LogP) is 2.53. The molecule has 1 N–H and O–H groups in total. The predicted molar refractivity (Wildman–Crippen MR) is 107 cm³/mol. The molecule has 2 amide bonds. The van der Waals surface area contributed by atoms with Crippen LogP contribution in [0, 0.1) is 5.92 Å². The van der Waals surface area contributed by atoms with Gasteiger partial charge in [0.15, 0.2) is 0 Å². The molecule has 2 heterocycles. The smallest absolute Gasteiger partial charge is 0.227 e. The number of ether oxygens (including phenoxy) is 1. The third kappa shape index (κ3) is 4.48. The molecule has 0 bridgehead atoms. The van der Waals surface area contributed by atoms with Gasteiger partial charge in [-0.3, -0.25) is 9.59 Å². The maximum atomic E-state index is 12.7. The van der Waals surface area contributed by atoms with E-state index >= 15 is 0 Å². The quantitative estimate of drug-likeness (QED) is 0.793. The summed E-state index contributed by atoms with van der Waals surface area (Å²) in [7, 11) is 5.59. The minimum atomic E-state index is -0.339. The summed E-state index contributed by atoms with van der Waals surface area (Å²) in [6.45, 7) is 0.912. The molecule has 0 unspecified atom stereocenters. The van der Waals surface area contributed by atoms with Gasteiger partial charge in [-0.1, -0.05) is 6.07 Å². The highest BCUT2D eigenvalue weighted by Crippen LogP contribution is 2.28. The van der Waals surface area contributed by atoms with E-state index in [1.165, 1.54) is 5.56 Å². The highest BCUT2D eigenvalue weighted by atomic mass is 32.1. The first-order valence-corrected chi connectivity index (χ1v) is 9.84. The van der Waals surface area contributed by atoms with E-state index in [0.29, 0.717) is 18.8 Å². The van der Waals surface area contributed by atoms with Crippen molar-refractivity contribution < 1.29 is 14.3 Å². The van der Waals surface area contributed by atoms with Crippen LogP contribution in [0.1, 0.15) is 18.0 Å². The SMILES string of the molecule is COc1cccc(N2C[C@H](C(=O)NC[C@H](c3ccsc3)N(C)C)CC2=O)c1. The van der Waals surface area contributed by atoms with Gasteiger partial charge in [-0.25, -0.2) is 0 Å². The molecule has 1 aliphatic heterocycles. The summed E-state index contributed by atoms with van der Waals surface area (Å²) < 4.78 is 5.23. The lowest BCUT2D eigenvalue weighted by atomic mass is 10.1. The highest BCUT2D eigenvalue weighted by molar-refractivity contribution is 7.07. The maximum Gasteiger partial charge on any atom is 0.227 e. The van der Waals surface area contributed by atoms with Crippen LogP contribution in [0.4, 0.5) is 5.69 Å². The average molecular weight is 388 g/mol. The van der Waals surface area contributed by atoms with E-state index in [1.807, 2.05) is 43.7 Å². The fourth-order valence-corrected chi connectivity index (χ4v) is 4.02. The molecule has 0 spiro atoms. The Labute approximate surface area is 163 Å². The minimum Gasteiger partial charge on any atom is -0.497 e. The van der Waals surface area contributed by atoms with Crippen LogP contribution < -0.4 is 15.0 Å². The molecule has 144 valence electrons. The summed E-state index contributed by atoms with van der Waals surface area (Å²) in [5, 5.41) is 7.16. The third-order valence-corrected chi connectivity index (χ3v) is 5.58. The van der Waals surface area contributed by atoms with Gasteiger partial charge in [0.05, 0.1) is 19.1 Å². The molecule has 1 fully saturated rings. The largest absolute Gasteiger partial charge is 0.497 e. The number of likely N-dealkylation sites (N-methyl/N-ethyl adjacent to an activating group) is 1. The number of carbonyl (C=O) groups is 2. The van der Waals surface area contributed by atoms with Gasteiger partial charge < -0.3 is 19.9 Å². The first kappa shape index (κ1) is 19.4. The van der Waals surface area contributed by atoms with Crippen molar-refractivity contribution in [3.63, 3.8) is 0 Å². The number of rotatable bonds is 7. The number of nitrogens with zero attached hydrogens (tertiary/aromatic N) is 2. The van der Waals surface area contributed by atoms with E-state index in [4.69, 9.17) is 4.74 Å². The van der Waals surface area contributed by atoms with Crippen LogP contribution >= 0.6 is 11.3 Å². The normalized spacial score (nSPS) is 18.0. The zero-order valence-electron chi connectivity index (χ0n) is 15.8. The number of hydrogen-bond donors (Lipinski definition) is 1. The number of anilines is 1. The Hall–Kier alpha value is -2.38. The zero-order chi connectivity index (χ0) is 19.4. The molecular weight excluding hydrogens is 362 g/mol. The van der Waals surface area contributed by atoms with Crippen molar-refractivity contribution in [2.45, 2.75) is 12.5 Å². The van der Waals surface area contributed by atoms with Crippen LogP contribution in [0.25, 0.3) is 0 Å². The van der Waals surface area contributed by atoms with Crippen LogP contribution in [0.15, 0.2) is 41.1 Å². The van der Waals surface area contributed by atoms with Gasteiger partial charge in [0, 0.05) is 31.3 Å². The van der Waals surface area contributed by atoms with Crippen molar-refractivity contribution in [3.8, 4) is 5.75 Å². The summed E-state index contributed by atoms with van der Waals surface area (Å²) in [5.41, 5.74) is 1.95. The van der Waals surface area contributed by atoms with Gasteiger partial charge in [-0.2, -0.15) is 11.3 Å². The van der Waals surface area contributed by atoms with Gasteiger partial charge in [-0.15, -0.1) is 0 Å². The standard InChI is InChI=1S/C20H25N3O3S/c1-22(2)18(14-7-8-27-13-14)11-21-20(25)15-9-19(24)23(12-15)16-5-4-6-17(10-16)26-3/h4-8,10,13,15,18H,9,11-12H2,1-3H3,(H,21,25)/t15-,18-/m1/s1. The van der Waals surface area contributed by atoms with E-state index in [2.05, 4.69) is 21.7 Å². The molecule has 7 heteroatoms. The molecule has 2 atom stereocenters. The third-order valence-electron chi connectivity index (χ3n) is 4.88. The summed E-state index contributed by atoms with van der Waals surface area (Å²) in [6, 6.07) is 9.55. The van der Waals surface area contributed by atoms with E-state index < -0.39 is 0 Å². The minimum absolute atomic E-state index is 0.0367. The van der Waals surface area contributed by atoms with Crippen molar-refractivity contribution >= 4 is 28.8 Å². The van der Waals surface area contributed by atoms with Crippen molar-refractivity contribution in [1.29, 1.82) is 0 Å². The summed E-state index contributed by atoms with van der Waals surface area (Å²) in [6.07, 6.45) is 0.230. The molecule has 1 saturated heterocycles. The van der Waals surface area contributed by atoms with E-state index in [9.17, 15) is 9.59 Å². The second-order valence-electron chi connectivity index (χ2n) is 6.89. The van der Waals surface area contributed by atoms with Crippen LogP contribution in [0.5, 0.6) is 5.75 Å². The van der Waals surface area contributed by atoms with Crippen LogP contribution in [-0.2, 0) is 9.59 Å². The van der Waals surface area contributed by atoms with Crippen LogP contribution in [-0.4, -0.2) is 51.0 Å². The lowest BCUT2D eigenvalue weighted by Crippen LogP contribution is -2.38. The Balaban J connectivity index is 1.62. The molecule has 1 aromatic carbocycles. The summed E-state index contributed by atoms with van der Waals surface area (Å²) in [4.78, 5) is 28.8. The number of benzene rings is 1. The van der Waals surface area contributed by atoms with E-state index in [-0.39, 0.29) is 30.2 Å². The van der Waals surface area contributed by atoms with E-state index in [1.54, 1.807) is 23.3 Å². The van der Waals surface area contributed by atoms with Gasteiger partial charge in [-0.05, 0) is 48.6 Å². The molecule has 2 aromatic rings. The Morgan fingerprint density at radius 3 is 2.89 bits per heavy atom. The number of nitrogens with one attached hydrogen (secondary N) is 1. The Bertz CT molecular complexity index is 792. The van der Waals surface area contributed by atoms with Gasteiger partial charge in [0.1, 0.15) is 5.75 Å². The summed E-state index contributed by atoms with van der Waals surface area (Å²) >= 11 is 1.65. The second-order valence-corrected chi connectivity index (χ2v) is 7.67. The summed E-state index contributed by atoms with van der Waals surface area (Å²) in [5.74, 6) is 0.244. The lowest BCUT2D eigenvalue weighted by Gasteiger charge is -2.24. The van der Waals surface area contributed by atoms with Crippen LogP contribution in [0.3, 0.4) is 0 Å². The molecule has 1 aliphatic rings. The molecule has 3 rings (SSSR count). The molecule has 0 aliphatic carbocycles. The number of hydrogen-bond acceptors (Lipinski definition) is 5. The molecule has 27 heavy (non-hydrogen) atoms. The van der Waals surface area contributed by atoms with Gasteiger partial charge in [0.2, 0.25) is 11.8 Å². The number of methoxy groups -OCH3 is 1. The van der Waals surface area contributed by atoms with Crippen molar-refractivity contribution in [1.82, 2.24) is 10.2 Å². The van der Waals surface area contributed by atoms with Crippen LogP contribution in [0.2, 0.25) is 0 Å².